The number of piperidine rings is 1. The summed E-state index contributed by atoms with van der Waals surface area (Å²) in [5.41, 5.74) is -1.02. The third-order valence-corrected chi connectivity index (χ3v) is 3.80. The van der Waals surface area contributed by atoms with E-state index in [9.17, 15) is 17.6 Å². The van der Waals surface area contributed by atoms with Crippen LogP contribution in [0.1, 0.15) is 18.5 Å². The van der Waals surface area contributed by atoms with E-state index >= 15 is 0 Å². The molecule has 2 aromatic rings. The SMILES string of the molecule is FCCN1CCCC(Nc2cc(C(F)(F)F)nc3ncnn23)C1. The normalized spacial score (nSPS) is 20.1. The molecular weight excluding hydrogens is 316 g/mol. The molecule has 1 N–H and O–H groups in total. The van der Waals surface area contributed by atoms with E-state index in [0.29, 0.717) is 13.1 Å². The van der Waals surface area contributed by atoms with Crippen molar-refractivity contribution in [1.29, 1.82) is 0 Å². The highest BCUT2D eigenvalue weighted by Crippen LogP contribution is 2.30. The van der Waals surface area contributed by atoms with Crippen LogP contribution in [0.3, 0.4) is 0 Å². The molecule has 1 atom stereocenters. The molecule has 0 aromatic carbocycles. The first-order valence-corrected chi connectivity index (χ1v) is 7.30. The van der Waals surface area contributed by atoms with Crippen LogP contribution in [-0.4, -0.2) is 56.8 Å². The number of hydrogen-bond acceptors (Lipinski definition) is 5. The zero-order chi connectivity index (χ0) is 16.4. The van der Waals surface area contributed by atoms with Crippen LogP contribution in [0.4, 0.5) is 23.4 Å². The van der Waals surface area contributed by atoms with E-state index in [1.807, 2.05) is 4.90 Å². The summed E-state index contributed by atoms with van der Waals surface area (Å²) in [4.78, 5) is 9.15. The highest BCUT2D eigenvalue weighted by atomic mass is 19.4. The van der Waals surface area contributed by atoms with E-state index in [1.165, 1.54) is 4.52 Å². The minimum Gasteiger partial charge on any atom is -0.366 e. The molecule has 0 aliphatic carbocycles. The minimum atomic E-state index is -4.56. The van der Waals surface area contributed by atoms with Crippen molar-refractivity contribution in [3.63, 3.8) is 0 Å². The first kappa shape index (κ1) is 15.9. The quantitative estimate of drug-likeness (QED) is 0.868. The molecule has 6 nitrogen and oxygen atoms in total. The number of fused-ring (bicyclic) bond motifs is 1. The Kier molecular flexibility index (Phi) is 4.33. The largest absolute Gasteiger partial charge is 0.433 e. The molecule has 2 aromatic heterocycles. The van der Waals surface area contributed by atoms with Crippen molar-refractivity contribution in [3.8, 4) is 0 Å². The lowest BCUT2D eigenvalue weighted by molar-refractivity contribution is -0.141. The summed E-state index contributed by atoms with van der Waals surface area (Å²) < 4.78 is 52.5. The van der Waals surface area contributed by atoms with Gasteiger partial charge in [0, 0.05) is 25.2 Å². The van der Waals surface area contributed by atoms with Crippen LogP contribution in [0.25, 0.3) is 5.78 Å². The first-order valence-electron chi connectivity index (χ1n) is 7.30. The molecule has 1 aliphatic heterocycles. The van der Waals surface area contributed by atoms with Gasteiger partial charge < -0.3 is 5.32 Å². The van der Waals surface area contributed by atoms with Gasteiger partial charge >= 0.3 is 6.18 Å². The lowest BCUT2D eigenvalue weighted by atomic mass is 10.1. The number of anilines is 1. The summed E-state index contributed by atoms with van der Waals surface area (Å²) in [6.07, 6.45) is -1.75. The monoisotopic (exact) mass is 332 g/mol. The van der Waals surface area contributed by atoms with Gasteiger partial charge in [-0.15, -0.1) is 0 Å². The lowest BCUT2D eigenvalue weighted by Crippen LogP contribution is -2.43. The van der Waals surface area contributed by atoms with Crippen LogP contribution in [0.15, 0.2) is 12.4 Å². The van der Waals surface area contributed by atoms with Crippen molar-refractivity contribution in [3.05, 3.63) is 18.1 Å². The number of likely N-dealkylation sites (tertiary alicyclic amines) is 1. The Labute approximate surface area is 129 Å². The fourth-order valence-corrected chi connectivity index (χ4v) is 2.77. The molecule has 126 valence electrons. The smallest absolute Gasteiger partial charge is 0.366 e. The van der Waals surface area contributed by atoms with E-state index in [2.05, 4.69) is 20.4 Å². The molecule has 10 heteroatoms. The van der Waals surface area contributed by atoms with Gasteiger partial charge in [0.05, 0.1) is 0 Å². The topological polar surface area (TPSA) is 58.3 Å². The van der Waals surface area contributed by atoms with Crippen molar-refractivity contribution < 1.29 is 17.6 Å². The summed E-state index contributed by atoms with van der Waals surface area (Å²) in [6.45, 7) is 1.27. The van der Waals surface area contributed by atoms with E-state index in [-0.39, 0.29) is 17.6 Å². The summed E-state index contributed by atoms with van der Waals surface area (Å²) in [5, 5.41) is 6.97. The molecule has 0 amide bonds. The number of alkyl halides is 4. The summed E-state index contributed by atoms with van der Waals surface area (Å²) in [6, 6.07) is 0.849. The Bertz CT molecular complexity index is 668. The number of rotatable bonds is 4. The Balaban J connectivity index is 1.85. The number of nitrogens with one attached hydrogen (secondary N) is 1. The molecule has 0 spiro atoms. The fraction of sp³-hybridized carbons (Fsp3) is 0.615. The molecule has 1 aliphatic rings. The predicted octanol–water partition coefficient (Wildman–Crippen LogP) is 1.99. The summed E-state index contributed by atoms with van der Waals surface area (Å²) in [5.74, 6) is 0.0747. The molecule has 0 radical (unpaired) electrons. The maximum absolute atomic E-state index is 12.9. The van der Waals surface area contributed by atoms with Gasteiger partial charge in [0.15, 0.2) is 5.69 Å². The molecule has 0 bridgehead atoms. The third kappa shape index (κ3) is 3.52. The van der Waals surface area contributed by atoms with Crippen LogP contribution in [-0.2, 0) is 6.18 Å². The van der Waals surface area contributed by atoms with Gasteiger partial charge in [-0.25, -0.2) is 9.37 Å². The standard InChI is InChI=1S/C13H16F4N6/c14-3-5-22-4-1-2-9(7-22)20-11-6-10(13(15,16)17)21-12-18-8-19-23(11)12/h6,8-9,20H,1-5,7H2. The van der Waals surface area contributed by atoms with Gasteiger partial charge in [-0.1, -0.05) is 0 Å². The van der Waals surface area contributed by atoms with E-state index < -0.39 is 18.5 Å². The second kappa shape index (κ2) is 6.26. The highest BCUT2D eigenvalue weighted by molar-refractivity contribution is 5.46. The van der Waals surface area contributed by atoms with Crippen molar-refractivity contribution in [1.82, 2.24) is 24.5 Å². The number of aromatic nitrogens is 4. The Hall–Kier alpha value is -1.97. The van der Waals surface area contributed by atoms with Gasteiger partial charge in [-0.2, -0.15) is 27.8 Å². The van der Waals surface area contributed by atoms with E-state index in [0.717, 1.165) is 31.8 Å². The first-order chi connectivity index (χ1) is 11.0. The average molecular weight is 332 g/mol. The van der Waals surface area contributed by atoms with Crippen molar-refractivity contribution in [2.24, 2.45) is 0 Å². The Morgan fingerprint density at radius 1 is 1.35 bits per heavy atom. The van der Waals surface area contributed by atoms with Crippen LogP contribution in [0.5, 0.6) is 0 Å². The maximum atomic E-state index is 12.9. The number of nitrogens with zero attached hydrogens (tertiary/aromatic N) is 5. The second-order valence-electron chi connectivity index (χ2n) is 5.47. The van der Waals surface area contributed by atoms with Crippen LogP contribution >= 0.6 is 0 Å². The van der Waals surface area contributed by atoms with Crippen molar-refractivity contribution in [2.45, 2.75) is 25.1 Å². The second-order valence-corrected chi connectivity index (χ2v) is 5.47. The van der Waals surface area contributed by atoms with Crippen LogP contribution in [0, 0.1) is 0 Å². The van der Waals surface area contributed by atoms with E-state index in [4.69, 9.17) is 0 Å². The average Bonchev–Trinajstić information content (AvgIpc) is 2.96. The fourth-order valence-electron chi connectivity index (χ4n) is 2.77. The number of hydrogen-bond donors (Lipinski definition) is 1. The van der Waals surface area contributed by atoms with Crippen molar-refractivity contribution >= 4 is 11.6 Å². The zero-order valence-corrected chi connectivity index (χ0v) is 12.2. The van der Waals surface area contributed by atoms with Gasteiger partial charge in [-0.05, 0) is 19.4 Å². The molecule has 3 rings (SSSR count). The Morgan fingerprint density at radius 3 is 2.91 bits per heavy atom. The molecule has 23 heavy (non-hydrogen) atoms. The molecular formula is C13H16F4N6. The Morgan fingerprint density at radius 2 is 2.17 bits per heavy atom. The van der Waals surface area contributed by atoms with Crippen LogP contribution in [0.2, 0.25) is 0 Å². The zero-order valence-electron chi connectivity index (χ0n) is 12.2. The maximum Gasteiger partial charge on any atom is 0.433 e. The molecule has 1 saturated heterocycles. The molecule has 1 unspecified atom stereocenters. The summed E-state index contributed by atoms with van der Waals surface area (Å²) in [7, 11) is 0. The van der Waals surface area contributed by atoms with E-state index in [1.54, 1.807) is 0 Å². The van der Waals surface area contributed by atoms with Gasteiger partial charge in [0.2, 0.25) is 0 Å². The van der Waals surface area contributed by atoms with Gasteiger partial charge in [0.1, 0.15) is 18.8 Å². The highest BCUT2D eigenvalue weighted by Gasteiger charge is 2.34. The van der Waals surface area contributed by atoms with Crippen LogP contribution < -0.4 is 5.32 Å². The minimum absolute atomic E-state index is 0.0776. The summed E-state index contributed by atoms with van der Waals surface area (Å²) >= 11 is 0. The third-order valence-electron chi connectivity index (χ3n) is 3.80. The number of halogens is 4. The van der Waals surface area contributed by atoms with Crippen molar-refractivity contribution in [2.75, 3.05) is 31.6 Å². The molecule has 1 fully saturated rings. The van der Waals surface area contributed by atoms with Gasteiger partial charge in [0.25, 0.3) is 5.78 Å². The van der Waals surface area contributed by atoms with Gasteiger partial charge in [-0.3, -0.25) is 4.90 Å². The predicted molar refractivity (Wildman–Crippen MR) is 74.8 cm³/mol. The molecule has 3 heterocycles. The molecule has 0 saturated carbocycles. The lowest BCUT2D eigenvalue weighted by Gasteiger charge is -2.33.